The fourth-order valence-electron chi connectivity index (χ4n) is 2.50. The summed E-state index contributed by atoms with van der Waals surface area (Å²) in [7, 11) is 1.58. The van der Waals surface area contributed by atoms with Crippen molar-refractivity contribution in [2.45, 2.75) is 25.9 Å². The highest BCUT2D eigenvalue weighted by molar-refractivity contribution is 9.10. The summed E-state index contributed by atoms with van der Waals surface area (Å²) in [5, 5.41) is 2.62. The molecule has 2 rings (SSSR count). The van der Waals surface area contributed by atoms with E-state index in [-0.39, 0.29) is 18.2 Å². The van der Waals surface area contributed by atoms with Gasteiger partial charge in [-0.3, -0.25) is 9.59 Å². The van der Waals surface area contributed by atoms with Crippen molar-refractivity contribution in [1.29, 1.82) is 0 Å². The third kappa shape index (κ3) is 4.93. The van der Waals surface area contributed by atoms with Gasteiger partial charge < -0.3 is 10.2 Å². The van der Waals surface area contributed by atoms with Crippen LogP contribution in [0.25, 0.3) is 0 Å². The Morgan fingerprint density at radius 1 is 1.08 bits per heavy atom. The van der Waals surface area contributed by atoms with Gasteiger partial charge in [-0.05, 0) is 30.2 Å². The lowest BCUT2D eigenvalue weighted by molar-refractivity contribution is -0.139. The number of likely N-dealkylation sites (N-methyl/N-ethyl adjacent to an activating group) is 1. The molecule has 2 amide bonds. The molecule has 1 N–H and O–H groups in total. The van der Waals surface area contributed by atoms with Crippen LogP contribution < -0.4 is 5.32 Å². The van der Waals surface area contributed by atoms with Crippen LogP contribution in [0.1, 0.15) is 18.1 Å². The van der Waals surface area contributed by atoms with E-state index in [9.17, 15) is 9.59 Å². The second kappa shape index (κ2) is 8.64. The number of carbonyl (C=O) groups excluding carboxylic acids is 2. The molecule has 0 radical (unpaired) electrons. The Morgan fingerprint density at radius 2 is 1.75 bits per heavy atom. The number of amides is 2. The molecule has 0 bridgehead atoms. The lowest BCUT2D eigenvalue weighted by Gasteiger charge is -2.28. The fraction of sp³-hybridized carbons (Fsp3) is 0.263. The first-order valence-electron chi connectivity index (χ1n) is 7.80. The minimum Gasteiger partial charge on any atom is -0.357 e. The average molecular weight is 389 g/mol. The molecule has 4 nitrogen and oxygen atoms in total. The molecule has 1 atom stereocenters. The number of nitrogens with one attached hydrogen (secondary N) is 1. The maximum atomic E-state index is 12.8. The summed E-state index contributed by atoms with van der Waals surface area (Å²) in [6.45, 7) is 2.14. The third-order valence-corrected chi connectivity index (χ3v) is 4.35. The quantitative estimate of drug-likeness (QED) is 0.825. The molecule has 0 aliphatic heterocycles. The van der Waals surface area contributed by atoms with Gasteiger partial charge in [-0.15, -0.1) is 0 Å². The van der Waals surface area contributed by atoms with Crippen LogP contribution in [0.4, 0.5) is 0 Å². The van der Waals surface area contributed by atoms with Crippen molar-refractivity contribution >= 4 is 27.7 Å². The zero-order valence-corrected chi connectivity index (χ0v) is 15.4. The number of halogens is 1. The molecule has 0 aliphatic rings. The Balaban J connectivity index is 2.21. The Hall–Kier alpha value is -2.14. The van der Waals surface area contributed by atoms with Crippen LogP contribution >= 0.6 is 15.9 Å². The number of hydrogen-bond donors (Lipinski definition) is 1. The molecule has 2 aromatic rings. The minimum absolute atomic E-state index is 0.0720. The molecule has 2 aromatic carbocycles. The molecule has 0 unspecified atom stereocenters. The number of rotatable bonds is 6. The monoisotopic (exact) mass is 388 g/mol. The van der Waals surface area contributed by atoms with Crippen molar-refractivity contribution in [2.24, 2.45) is 0 Å². The summed E-state index contributed by atoms with van der Waals surface area (Å²) in [6.07, 6.45) is 0.274. The van der Waals surface area contributed by atoms with Gasteiger partial charge in [0.2, 0.25) is 11.8 Å². The molecular formula is C19H21BrN2O2. The van der Waals surface area contributed by atoms with E-state index in [1.165, 1.54) is 0 Å². The zero-order chi connectivity index (χ0) is 17.5. The summed E-state index contributed by atoms with van der Waals surface area (Å²) >= 11 is 3.44. The van der Waals surface area contributed by atoms with Crippen LogP contribution in [-0.2, 0) is 22.6 Å². The lowest BCUT2D eigenvalue weighted by atomic mass is 10.1. The van der Waals surface area contributed by atoms with E-state index < -0.39 is 6.04 Å². The van der Waals surface area contributed by atoms with Gasteiger partial charge in [0.05, 0.1) is 6.42 Å². The van der Waals surface area contributed by atoms with Crippen molar-refractivity contribution < 1.29 is 9.59 Å². The van der Waals surface area contributed by atoms with E-state index in [1.807, 2.05) is 54.6 Å². The van der Waals surface area contributed by atoms with Crippen molar-refractivity contribution in [3.05, 3.63) is 70.2 Å². The SMILES string of the molecule is CNC(=O)[C@H](C)N(Cc1cccc(Br)c1)C(=O)Cc1ccccc1. The van der Waals surface area contributed by atoms with Crippen molar-refractivity contribution in [3.63, 3.8) is 0 Å². The molecule has 0 fully saturated rings. The molecule has 5 heteroatoms. The van der Waals surface area contributed by atoms with Gasteiger partial charge in [0.1, 0.15) is 6.04 Å². The maximum absolute atomic E-state index is 12.8. The molecule has 126 valence electrons. The van der Waals surface area contributed by atoms with E-state index in [2.05, 4.69) is 21.2 Å². The van der Waals surface area contributed by atoms with Crippen molar-refractivity contribution in [2.75, 3.05) is 7.05 Å². The van der Waals surface area contributed by atoms with Crippen molar-refractivity contribution in [3.8, 4) is 0 Å². The summed E-state index contributed by atoms with van der Waals surface area (Å²) < 4.78 is 0.947. The minimum atomic E-state index is -0.537. The standard InChI is InChI=1S/C19H21BrN2O2/c1-14(19(24)21-2)22(13-16-9-6-10-17(20)11-16)18(23)12-15-7-4-3-5-8-15/h3-11,14H,12-13H2,1-2H3,(H,21,24)/t14-/m0/s1. The van der Waals surface area contributed by atoms with Crippen LogP contribution in [0.15, 0.2) is 59.1 Å². The summed E-state index contributed by atoms with van der Waals surface area (Å²) in [5.74, 6) is -0.247. The molecule has 0 spiro atoms. The van der Waals surface area contributed by atoms with E-state index >= 15 is 0 Å². The summed E-state index contributed by atoms with van der Waals surface area (Å²) in [4.78, 5) is 26.5. The number of carbonyl (C=O) groups is 2. The highest BCUT2D eigenvalue weighted by atomic mass is 79.9. The first-order valence-corrected chi connectivity index (χ1v) is 8.60. The van der Waals surface area contributed by atoms with Crippen LogP contribution in [0.3, 0.4) is 0 Å². The highest BCUT2D eigenvalue weighted by Gasteiger charge is 2.25. The van der Waals surface area contributed by atoms with Gasteiger partial charge in [-0.2, -0.15) is 0 Å². The summed E-state index contributed by atoms with van der Waals surface area (Å²) in [6, 6.07) is 16.8. The highest BCUT2D eigenvalue weighted by Crippen LogP contribution is 2.16. The Bertz CT molecular complexity index is 704. The predicted octanol–water partition coefficient (Wildman–Crippen LogP) is 3.15. The van der Waals surface area contributed by atoms with E-state index in [4.69, 9.17) is 0 Å². The second-order valence-electron chi connectivity index (χ2n) is 5.60. The summed E-state index contributed by atoms with van der Waals surface area (Å²) in [5.41, 5.74) is 1.91. The first-order chi connectivity index (χ1) is 11.5. The van der Waals surface area contributed by atoms with E-state index in [0.717, 1.165) is 15.6 Å². The molecule has 0 saturated heterocycles. The first kappa shape index (κ1) is 18.2. The van der Waals surface area contributed by atoms with Gasteiger partial charge >= 0.3 is 0 Å². The Kier molecular flexibility index (Phi) is 6.55. The van der Waals surface area contributed by atoms with Crippen LogP contribution in [0.2, 0.25) is 0 Å². The number of hydrogen-bond acceptors (Lipinski definition) is 2. The van der Waals surface area contributed by atoms with Crippen LogP contribution in [0, 0.1) is 0 Å². The smallest absolute Gasteiger partial charge is 0.242 e. The third-order valence-electron chi connectivity index (χ3n) is 3.85. The van der Waals surface area contributed by atoms with E-state index in [1.54, 1.807) is 18.9 Å². The van der Waals surface area contributed by atoms with Gasteiger partial charge in [0, 0.05) is 18.1 Å². The van der Waals surface area contributed by atoms with Gasteiger partial charge in [-0.25, -0.2) is 0 Å². The number of benzene rings is 2. The zero-order valence-electron chi connectivity index (χ0n) is 13.8. The molecule has 0 heterocycles. The van der Waals surface area contributed by atoms with E-state index in [0.29, 0.717) is 6.54 Å². The normalized spacial score (nSPS) is 11.6. The van der Waals surface area contributed by atoms with Gasteiger partial charge in [0.25, 0.3) is 0 Å². The molecule has 0 aromatic heterocycles. The van der Waals surface area contributed by atoms with Crippen LogP contribution in [0.5, 0.6) is 0 Å². The maximum Gasteiger partial charge on any atom is 0.242 e. The molecule has 24 heavy (non-hydrogen) atoms. The van der Waals surface area contributed by atoms with Crippen LogP contribution in [-0.4, -0.2) is 29.8 Å². The van der Waals surface area contributed by atoms with Gasteiger partial charge in [-0.1, -0.05) is 58.4 Å². The number of nitrogens with zero attached hydrogens (tertiary/aromatic N) is 1. The second-order valence-corrected chi connectivity index (χ2v) is 6.52. The lowest BCUT2D eigenvalue weighted by Crippen LogP contribution is -2.47. The molecular weight excluding hydrogens is 368 g/mol. The molecule has 0 saturated carbocycles. The fourth-order valence-corrected chi connectivity index (χ4v) is 2.94. The van der Waals surface area contributed by atoms with Gasteiger partial charge in [0.15, 0.2) is 0 Å². The van der Waals surface area contributed by atoms with Crippen molar-refractivity contribution in [1.82, 2.24) is 10.2 Å². The predicted molar refractivity (Wildman–Crippen MR) is 98.4 cm³/mol. The largest absolute Gasteiger partial charge is 0.357 e. The molecule has 0 aliphatic carbocycles. The topological polar surface area (TPSA) is 49.4 Å². The Morgan fingerprint density at radius 3 is 2.38 bits per heavy atom. The Labute approximate surface area is 151 Å². The average Bonchev–Trinajstić information content (AvgIpc) is 2.59.